The summed E-state index contributed by atoms with van der Waals surface area (Å²) in [5.74, 6) is 0.924. The Morgan fingerprint density at radius 3 is 2.47 bits per heavy atom. The van der Waals surface area contributed by atoms with Crippen molar-refractivity contribution >= 4 is 0 Å². The second kappa shape index (κ2) is 4.23. The van der Waals surface area contributed by atoms with Gasteiger partial charge in [0.1, 0.15) is 5.75 Å². The van der Waals surface area contributed by atoms with E-state index in [1.165, 1.54) is 18.4 Å². The molecule has 0 spiro atoms. The first kappa shape index (κ1) is 10.5. The van der Waals surface area contributed by atoms with E-state index in [9.17, 15) is 0 Å². The summed E-state index contributed by atoms with van der Waals surface area (Å²) in [7, 11) is 1.70. The third kappa shape index (κ3) is 2.96. The highest BCUT2D eigenvalue weighted by Gasteiger charge is 2.36. The summed E-state index contributed by atoms with van der Waals surface area (Å²) in [5, 5.41) is 3.50. The lowest BCUT2D eigenvalue weighted by Crippen LogP contribution is -2.21. The molecule has 0 bridgehead atoms. The molecule has 0 aromatic heterocycles. The minimum atomic E-state index is 0.590. The fourth-order valence-electron chi connectivity index (χ4n) is 1.64. The van der Waals surface area contributed by atoms with E-state index in [4.69, 9.17) is 4.74 Å². The summed E-state index contributed by atoms with van der Waals surface area (Å²) < 4.78 is 5.12. The molecular weight excluding hydrogens is 186 g/mol. The second-order valence-corrected chi connectivity index (χ2v) is 4.76. The van der Waals surface area contributed by atoms with Crippen LogP contribution >= 0.6 is 0 Å². The number of hydrogen-bond acceptors (Lipinski definition) is 2. The maximum absolute atomic E-state index is 5.12. The summed E-state index contributed by atoms with van der Waals surface area (Å²) in [6.07, 6.45) is 2.76. The van der Waals surface area contributed by atoms with Crippen LogP contribution in [0.15, 0.2) is 24.3 Å². The first-order valence-corrected chi connectivity index (χ1v) is 5.56. The van der Waals surface area contributed by atoms with Gasteiger partial charge in [0.15, 0.2) is 0 Å². The fraction of sp³-hybridized carbons (Fsp3) is 0.538. The number of ether oxygens (including phenoxy) is 1. The van der Waals surface area contributed by atoms with E-state index in [0.717, 1.165) is 18.8 Å². The van der Waals surface area contributed by atoms with Crippen molar-refractivity contribution in [2.24, 2.45) is 5.41 Å². The molecule has 2 heteroatoms. The van der Waals surface area contributed by atoms with E-state index in [0.29, 0.717) is 5.41 Å². The van der Waals surface area contributed by atoms with Gasteiger partial charge in [-0.1, -0.05) is 19.1 Å². The van der Waals surface area contributed by atoms with Crippen LogP contribution in [0.3, 0.4) is 0 Å². The monoisotopic (exact) mass is 205 g/mol. The van der Waals surface area contributed by atoms with Gasteiger partial charge in [0, 0.05) is 13.1 Å². The van der Waals surface area contributed by atoms with Crippen molar-refractivity contribution in [3.63, 3.8) is 0 Å². The maximum atomic E-state index is 5.12. The number of nitrogens with one attached hydrogen (secondary N) is 1. The molecule has 0 saturated heterocycles. The largest absolute Gasteiger partial charge is 0.497 e. The van der Waals surface area contributed by atoms with Gasteiger partial charge in [0.05, 0.1) is 7.11 Å². The van der Waals surface area contributed by atoms with Crippen molar-refractivity contribution in [3.8, 4) is 5.75 Å². The van der Waals surface area contributed by atoms with Crippen LogP contribution in [0.2, 0.25) is 0 Å². The Morgan fingerprint density at radius 2 is 1.93 bits per heavy atom. The predicted octanol–water partition coefficient (Wildman–Crippen LogP) is 2.58. The smallest absolute Gasteiger partial charge is 0.118 e. The molecule has 0 atom stereocenters. The summed E-state index contributed by atoms with van der Waals surface area (Å²) in [4.78, 5) is 0. The maximum Gasteiger partial charge on any atom is 0.118 e. The van der Waals surface area contributed by atoms with Crippen LogP contribution in [-0.2, 0) is 6.54 Å². The van der Waals surface area contributed by atoms with E-state index in [1.807, 2.05) is 12.1 Å². The topological polar surface area (TPSA) is 21.3 Å². The highest BCUT2D eigenvalue weighted by atomic mass is 16.5. The van der Waals surface area contributed by atoms with Crippen molar-refractivity contribution in [1.82, 2.24) is 5.32 Å². The van der Waals surface area contributed by atoms with Crippen LogP contribution in [0.25, 0.3) is 0 Å². The summed E-state index contributed by atoms with van der Waals surface area (Å²) in [6.45, 7) is 4.44. The summed E-state index contributed by atoms with van der Waals surface area (Å²) in [5.41, 5.74) is 1.91. The molecule has 2 rings (SSSR count). The van der Waals surface area contributed by atoms with Gasteiger partial charge in [0.2, 0.25) is 0 Å². The van der Waals surface area contributed by atoms with Gasteiger partial charge in [0.25, 0.3) is 0 Å². The zero-order chi connectivity index (χ0) is 10.7. The normalized spacial score (nSPS) is 17.5. The average molecular weight is 205 g/mol. The highest BCUT2D eigenvalue weighted by molar-refractivity contribution is 5.27. The molecule has 1 aromatic rings. The average Bonchev–Trinajstić information content (AvgIpc) is 2.98. The van der Waals surface area contributed by atoms with E-state index >= 15 is 0 Å². The Morgan fingerprint density at radius 1 is 1.27 bits per heavy atom. The molecule has 2 nitrogen and oxygen atoms in total. The third-order valence-corrected chi connectivity index (χ3v) is 3.14. The van der Waals surface area contributed by atoms with Gasteiger partial charge in [-0.15, -0.1) is 0 Å². The lowest BCUT2D eigenvalue weighted by Gasteiger charge is -2.10. The number of rotatable bonds is 5. The lowest BCUT2D eigenvalue weighted by molar-refractivity contribution is 0.414. The molecule has 1 aliphatic carbocycles. The van der Waals surface area contributed by atoms with Crippen molar-refractivity contribution in [3.05, 3.63) is 29.8 Å². The van der Waals surface area contributed by atoms with Gasteiger partial charge in [-0.05, 0) is 36.0 Å². The molecule has 0 unspecified atom stereocenters. The molecule has 0 amide bonds. The standard InChI is InChI=1S/C13H19NO/c1-13(7-8-13)10-14-9-11-3-5-12(15-2)6-4-11/h3-6,14H,7-10H2,1-2H3. The first-order valence-electron chi connectivity index (χ1n) is 5.56. The molecule has 1 aromatic carbocycles. The van der Waals surface area contributed by atoms with E-state index in [2.05, 4.69) is 24.4 Å². The van der Waals surface area contributed by atoms with E-state index in [-0.39, 0.29) is 0 Å². The SMILES string of the molecule is COc1ccc(CNCC2(C)CC2)cc1. The number of methoxy groups -OCH3 is 1. The number of benzene rings is 1. The lowest BCUT2D eigenvalue weighted by atomic mass is 10.1. The van der Waals surface area contributed by atoms with Gasteiger partial charge >= 0.3 is 0 Å². The Bertz CT molecular complexity index is 314. The van der Waals surface area contributed by atoms with Crippen LogP contribution in [-0.4, -0.2) is 13.7 Å². The summed E-state index contributed by atoms with van der Waals surface area (Å²) in [6, 6.07) is 8.24. The first-order chi connectivity index (χ1) is 7.22. The molecular formula is C13H19NO. The van der Waals surface area contributed by atoms with E-state index < -0.39 is 0 Å². The summed E-state index contributed by atoms with van der Waals surface area (Å²) >= 11 is 0. The van der Waals surface area contributed by atoms with Gasteiger partial charge in [-0.3, -0.25) is 0 Å². The highest BCUT2D eigenvalue weighted by Crippen LogP contribution is 2.44. The van der Waals surface area contributed by atoms with Crippen LogP contribution < -0.4 is 10.1 Å². The van der Waals surface area contributed by atoms with Gasteiger partial charge in [-0.2, -0.15) is 0 Å². The molecule has 15 heavy (non-hydrogen) atoms. The molecule has 82 valence electrons. The molecule has 0 aliphatic heterocycles. The van der Waals surface area contributed by atoms with Crippen molar-refractivity contribution < 1.29 is 4.74 Å². The van der Waals surface area contributed by atoms with Crippen LogP contribution in [0.5, 0.6) is 5.75 Å². The molecule has 1 fully saturated rings. The Kier molecular flexibility index (Phi) is 2.96. The minimum Gasteiger partial charge on any atom is -0.497 e. The molecule has 1 N–H and O–H groups in total. The Hall–Kier alpha value is -1.02. The van der Waals surface area contributed by atoms with Crippen LogP contribution in [0, 0.1) is 5.41 Å². The minimum absolute atomic E-state index is 0.590. The van der Waals surface area contributed by atoms with Crippen molar-refractivity contribution in [2.45, 2.75) is 26.3 Å². The molecule has 1 saturated carbocycles. The predicted molar refractivity (Wildman–Crippen MR) is 62.0 cm³/mol. The number of hydrogen-bond donors (Lipinski definition) is 1. The van der Waals surface area contributed by atoms with Crippen molar-refractivity contribution in [2.75, 3.05) is 13.7 Å². The fourth-order valence-corrected chi connectivity index (χ4v) is 1.64. The third-order valence-electron chi connectivity index (χ3n) is 3.14. The molecule has 0 heterocycles. The second-order valence-electron chi connectivity index (χ2n) is 4.76. The zero-order valence-corrected chi connectivity index (χ0v) is 9.55. The Balaban J connectivity index is 1.77. The van der Waals surface area contributed by atoms with Crippen LogP contribution in [0.1, 0.15) is 25.3 Å². The Labute approximate surface area is 91.6 Å². The molecule has 1 aliphatic rings. The van der Waals surface area contributed by atoms with Crippen molar-refractivity contribution in [1.29, 1.82) is 0 Å². The zero-order valence-electron chi connectivity index (χ0n) is 9.55. The van der Waals surface area contributed by atoms with Gasteiger partial charge < -0.3 is 10.1 Å². The van der Waals surface area contributed by atoms with Crippen LogP contribution in [0.4, 0.5) is 0 Å². The van der Waals surface area contributed by atoms with E-state index in [1.54, 1.807) is 7.11 Å². The van der Waals surface area contributed by atoms with Gasteiger partial charge in [-0.25, -0.2) is 0 Å². The quantitative estimate of drug-likeness (QED) is 0.797. The molecule has 0 radical (unpaired) electrons.